The smallest absolute Gasteiger partial charge is 0.329 e. The van der Waals surface area contributed by atoms with Gasteiger partial charge < -0.3 is 19.9 Å². The number of carbonyl (C=O) groups is 1. The predicted molar refractivity (Wildman–Crippen MR) is 90.5 cm³/mol. The molecule has 1 aliphatic heterocycles. The van der Waals surface area contributed by atoms with E-state index in [9.17, 15) is 14.4 Å². The molecule has 1 saturated heterocycles. The van der Waals surface area contributed by atoms with Crippen LogP contribution < -0.4 is 21.5 Å². The molecule has 0 unspecified atom stereocenters. The number of nitrogens with one attached hydrogen (secondary N) is 2. The minimum atomic E-state index is -0.615. The zero-order valence-corrected chi connectivity index (χ0v) is 13.5. The van der Waals surface area contributed by atoms with Crippen LogP contribution in [0.3, 0.4) is 0 Å². The van der Waals surface area contributed by atoms with Gasteiger partial charge in [-0.05, 0) is 25.1 Å². The summed E-state index contributed by atoms with van der Waals surface area (Å²) in [5, 5.41) is 3.66. The van der Waals surface area contributed by atoms with Gasteiger partial charge in [-0.1, -0.05) is 0 Å². The van der Waals surface area contributed by atoms with Crippen LogP contribution in [0.2, 0.25) is 0 Å². The zero-order chi connectivity index (χ0) is 17.1. The SMILES string of the molecule is CCOC(=O)Cn1c(=O)[nH]c2ccc(N3CCNCC3)cc2c1=O. The molecule has 1 fully saturated rings. The molecule has 0 atom stereocenters. The van der Waals surface area contributed by atoms with Gasteiger partial charge in [0, 0.05) is 31.9 Å². The van der Waals surface area contributed by atoms with Crippen LogP contribution in [0.4, 0.5) is 5.69 Å². The van der Waals surface area contributed by atoms with Gasteiger partial charge in [0.05, 0.1) is 17.5 Å². The Morgan fingerprint density at radius 1 is 1.25 bits per heavy atom. The van der Waals surface area contributed by atoms with E-state index < -0.39 is 23.8 Å². The van der Waals surface area contributed by atoms with E-state index in [1.807, 2.05) is 6.07 Å². The van der Waals surface area contributed by atoms with Crippen LogP contribution >= 0.6 is 0 Å². The number of H-pyrrole nitrogens is 1. The van der Waals surface area contributed by atoms with Crippen LogP contribution in [-0.4, -0.2) is 48.3 Å². The summed E-state index contributed by atoms with van der Waals surface area (Å²) in [6.45, 7) is 4.96. The Hall–Kier alpha value is -2.61. The minimum absolute atomic E-state index is 0.201. The van der Waals surface area contributed by atoms with Crippen molar-refractivity contribution in [3.8, 4) is 0 Å². The van der Waals surface area contributed by atoms with Crippen molar-refractivity contribution < 1.29 is 9.53 Å². The summed E-state index contributed by atoms with van der Waals surface area (Å²) in [5.74, 6) is -0.609. The van der Waals surface area contributed by atoms with E-state index in [1.165, 1.54) is 0 Å². The molecule has 1 aromatic heterocycles. The lowest BCUT2D eigenvalue weighted by Gasteiger charge is -2.29. The molecule has 1 aromatic carbocycles. The van der Waals surface area contributed by atoms with Gasteiger partial charge in [0.15, 0.2) is 0 Å². The molecule has 24 heavy (non-hydrogen) atoms. The van der Waals surface area contributed by atoms with Gasteiger partial charge >= 0.3 is 11.7 Å². The Morgan fingerprint density at radius 3 is 2.71 bits per heavy atom. The maximum Gasteiger partial charge on any atom is 0.329 e. The molecule has 0 saturated carbocycles. The number of esters is 1. The molecular formula is C16H20N4O4. The summed E-state index contributed by atoms with van der Waals surface area (Å²) in [6, 6.07) is 5.38. The van der Waals surface area contributed by atoms with Crippen LogP contribution in [0.25, 0.3) is 10.9 Å². The van der Waals surface area contributed by atoms with Crippen LogP contribution in [0.1, 0.15) is 6.92 Å². The highest BCUT2D eigenvalue weighted by Gasteiger charge is 2.15. The van der Waals surface area contributed by atoms with Crippen LogP contribution in [0.15, 0.2) is 27.8 Å². The fourth-order valence-corrected chi connectivity index (χ4v) is 2.84. The molecule has 8 heteroatoms. The normalized spacial score (nSPS) is 14.8. The lowest BCUT2D eigenvalue weighted by Crippen LogP contribution is -2.43. The highest BCUT2D eigenvalue weighted by Crippen LogP contribution is 2.18. The zero-order valence-electron chi connectivity index (χ0n) is 13.5. The second kappa shape index (κ2) is 6.88. The third kappa shape index (κ3) is 3.18. The number of aromatic nitrogens is 2. The molecule has 0 amide bonds. The van der Waals surface area contributed by atoms with Crippen LogP contribution in [-0.2, 0) is 16.1 Å². The number of benzene rings is 1. The Morgan fingerprint density at radius 2 is 2.00 bits per heavy atom. The van der Waals surface area contributed by atoms with Gasteiger partial charge in [0.2, 0.25) is 0 Å². The summed E-state index contributed by atoms with van der Waals surface area (Å²) in [6.07, 6.45) is 0. The van der Waals surface area contributed by atoms with Crippen molar-refractivity contribution >= 4 is 22.6 Å². The molecule has 0 bridgehead atoms. The second-order valence-corrected chi connectivity index (χ2v) is 5.59. The Labute approximate surface area is 138 Å². The maximum atomic E-state index is 12.6. The van der Waals surface area contributed by atoms with Crippen molar-refractivity contribution in [2.45, 2.75) is 13.5 Å². The average Bonchev–Trinajstić information content (AvgIpc) is 2.59. The first-order valence-electron chi connectivity index (χ1n) is 7.98. The molecule has 0 radical (unpaired) electrons. The molecule has 3 rings (SSSR count). The van der Waals surface area contributed by atoms with Crippen molar-refractivity contribution in [1.29, 1.82) is 0 Å². The standard InChI is InChI=1S/C16H20N4O4/c1-2-24-14(21)10-20-15(22)12-9-11(19-7-5-17-6-8-19)3-4-13(12)18-16(20)23/h3-4,9,17H,2,5-8,10H2,1H3,(H,18,23). The third-order valence-electron chi connectivity index (χ3n) is 4.04. The molecule has 2 aromatic rings. The van der Waals surface area contributed by atoms with Gasteiger partial charge in [-0.2, -0.15) is 0 Å². The van der Waals surface area contributed by atoms with E-state index in [0.717, 1.165) is 36.4 Å². The first-order valence-corrected chi connectivity index (χ1v) is 7.98. The lowest BCUT2D eigenvalue weighted by atomic mass is 10.2. The second-order valence-electron chi connectivity index (χ2n) is 5.59. The predicted octanol–water partition coefficient (Wildman–Crippen LogP) is -0.337. The highest BCUT2D eigenvalue weighted by molar-refractivity contribution is 5.82. The molecule has 0 spiro atoms. The summed E-state index contributed by atoms with van der Waals surface area (Å²) >= 11 is 0. The number of rotatable bonds is 4. The van der Waals surface area contributed by atoms with Crippen molar-refractivity contribution in [3.05, 3.63) is 39.0 Å². The van der Waals surface area contributed by atoms with Gasteiger partial charge in [0.1, 0.15) is 6.54 Å². The Balaban J connectivity index is 2.03. The molecule has 2 heterocycles. The first-order chi connectivity index (χ1) is 11.6. The summed E-state index contributed by atoms with van der Waals surface area (Å²) in [4.78, 5) is 41.1. The summed E-state index contributed by atoms with van der Waals surface area (Å²) in [7, 11) is 0. The van der Waals surface area contributed by atoms with Crippen LogP contribution in [0, 0.1) is 0 Å². The number of aromatic amines is 1. The molecular weight excluding hydrogens is 312 g/mol. The van der Waals surface area contributed by atoms with Gasteiger partial charge in [-0.25, -0.2) is 9.36 Å². The fourth-order valence-electron chi connectivity index (χ4n) is 2.84. The number of piperazine rings is 1. The van der Waals surface area contributed by atoms with E-state index in [1.54, 1.807) is 19.1 Å². The van der Waals surface area contributed by atoms with Gasteiger partial charge in [-0.15, -0.1) is 0 Å². The quantitative estimate of drug-likeness (QED) is 0.744. The largest absolute Gasteiger partial charge is 0.465 e. The molecule has 0 aliphatic carbocycles. The average molecular weight is 332 g/mol. The minimum Gasteiger partial charge on any atom is -0.465 e. The van der Waals surface area contributed by atoms with Crippen LogP contribution in [0.5, 0.6) is 0 Å². The van der Waals surface area contributed by atoms with Gasteiger partial charge in [0.25, 0.3) is 5.56 Å². The van der Waals surface area contributed by atoms with Gasteiger partial charge in [-0.3, -0.25) is 9.59 Å². The maximum absolute atomic E-state index is 12.6. The molecule has 8 nitrogen and oxygen atoms in total. The summed E-state index contributed by atoms with van der Waals surface area (Å²) < 4.78 is 5.70. The Bertz CT molecular complexity index is 864. The number of nitrogens with zero attached hydrogens (tertiary/aromatic N) is 2. The van der Waals surface area contributed by atoms with Crippen molar-refractivity contribution in [3.63, 3.8) is 0 Å². The molecule has 128 valence electrons. The third-order valence-corrected chi connectivity index (χ3v) is 4.04. The van der Waals surface area contributed by atoms with E-state index in [-0.39, 0.29) is 6.61 Å². The van der Waals surface area contributed by atoms with E-state index in [0.29, 0.717) is 10.9 Å². The number of ether oxygens (including phenoxy) is 1. The molecule has 1 aliphatic rings. The number of hydrogen-bond acceptors (Lipinski definition) is 6. The summed E-state index contributed by atoms with van der Waals surface area (Å²) in [5.41, 5.74) is 0.286. The number of fused-ring (bicyclic) bond motifs is 1. The number of carbonyl (C=O) groups excluding carboxylic acids is 1. The van der Waals surface area contributed by atoms with Crippen molar-refractivity contribution in [2.24, 2.45) is 0 Å². The first kappa shape index (κ1) is 16.3. The Kier molecular flexibility index (Phi) is 4.66. The monoisotopic (exact) mass is 332 g/mol. The van der Waals surface area contributed by atoms with Crippen molar-refractivity contribution in [2.75, 3.05) is 37.7 Å². The molecule has 2 N–H and O–H groups in total. The number of anilines is 1. The highest BCUT2D eigenvalue weighted by atomic mass is 16.5. The van der Waals surface area contributed by atoms with E-state index in [4.69, 9.17) is 4.74 Å². The number of hydrogen-bond donors (Lipinski definition) is 2. The van der Waals surface area contributed by atoms with Crippen molar-refractivity contribution in [1.82, 2.24) is 14.9 Å². The van der Waals surface area contributed by atoms with E-state index in [2.05, 4.69) is 15.2 Å². The topological polar surface area (TPSA) is 96.4 Å². The fraction of sp³-hybridized carbons (Fsp3) is 0.438. The lowest BCUT2D eigenvalue weighted by molar-refractivity contribution is -0.143. The van der Waals surface area contributed by atoms with E-state index >= 15 is 0 Å².